The number of hydrogen-bond donors (Lipinski definition) is 1. The minimum Gasteiger partial charge on any atom is -0.494 e. The van der Waals surface area contributed by atoms with Gasteiger partial charge in [-0.2, -0.15) is 0 Å². The lowest BCUT2D eigenvalue weighted by molar-refractivity contribution is -0.137. The first-order chi connectivity index (χ1) is 21.9. The molecule has 0 atom stereocenters. The minimum absolute atomic E-state index is 0.309. The lowest BCUT2D eigenvalue weighted by Crippen LogP contribution is -2.46. The van der Waals surface area contributed by atoms with Crippen molar-refractivity contribution in [1.82, 2.24) is 5.32 Å². The number of fused-ring (bicyclic) bond motifs is 1. The van der Waals surface area contributed by atoms with Crippen molar-refractivity contribution in [1.29, 1.82) is 0 Å². The van der Waals surface area contributed by atoms with Gasteiger partial charge in [0, 0.05) is 38.5 Å². The maximum absolute atomic E-state index is 12.2. The van der Waals surface area contributed by atoms with E-state index in [0.29, 0.717) is 64.9 Å². The van der Waals surface area contributed by atoms with Crippen LogP contribution in [0, 0.1) is 0 Å². The Morgan fingerprint density at radius 1 is 0.711 bits per heavy atom. The third-order valence-electron chi connectivity index (χ3n) is 7.05. The summed E-state index contributed by atoms with van der Waals surface area (Å²) in [7, 11) is -2.70. The van der Waals surface area contributed by atoms with Gasteiger partial charge in [-0.15, -0.1) is 0 Å². The van der Waals surface area contributed by atoms with Crippen LogP contribution in [0.15, 0.2) is 42.5 Å². The first kappa shape index (κ1) is 38.3. The Morgan fingerprint density at radius 3 is 2.04 bits per heavy atom. The van der Waals surface area contributed by atoms with Crippen molar-refractivity contribution in [3.05, 3.63) is 48.0 Å². The number of rotatable bonds is 25. The first-order valence-electron chi connectivity index (χ1n) is 16.8. The van der Waals surface area contributed by atoms with Crippen molar-refractivity contribution in [3.8, 4) is 5.75 Å². The van der Waals surface area contributed by atoms with Gasteiger partial charge in [0.25, 0.3) is 0 Å². The normalized spacial score (nSPS) is 11.6. The highest BCUT2D eigenvalue weighted by Crippen LogP contribution is 2.23. The second-order valence-electron chi connectivity index (χ2n) is 10.7. The number of ether oxygens (including phenoxy) is 3. The van der Waals surface area contributed by atoms with Gasteiger partial charge in [-0.25, -0.2) is 9.59 Å². The zero-order chi connectivity index (χ0) is 32.6. The van der Waals surface area contributed by atoms with E-state index in [1.807, 2.05) is 51.1 Å². The van der Waals surface area contributed by atoms with Crippen LogP contribution in [0.5, 0.6) is 5.75 Å². The Morgan fingerprint density at radius 2 is 1.33 bits per heavy atom. The van der Waals surface area contributed by atoms with E-state index >= 15 is 0 Å². The number of esters is 1. The molecular weight excluding hydrogens is 590 g/mol. The van der Waals surface area contributed by atoms with Crippen LogP contribution in [0.25, 0.3) is 16.8 Å². The quantitative estimate of drug-likeness (QED) is 0.0501. The number of benzene rings is 2. The van der Waals surface area contributed by atoms with E-state index in [4.69, 9.17) is 27.5 Å². The molecule has 0 saturated heterocycles. The molecule has 1 amide bonds. The predicted molar refractivity (Wildman–Crippen MR) is 181 cm³/mol. The molecule has 9 nitrogen and oxygen atoms in total. The highest BCUT2D eigenvalue weighted by atomic mass is 28.4. The lowest BCUT2D eigenvalue weighted by atomic mass is 10.1. The molecule has 1 N–H and O–H groups in total. The van der Waals surface area contributed by atoms with Crippen LogP contribution in [0.1, 0.15) is 91.0 Å². The number of hydrogen-bond acceptors (Lipinski definition) is 8. The van der Waals surface area contributed by atoms with Gasteiger partial charge in [0.2, 0.25) is 0 Å². The second kappa shape index (κ2) is 23.4. The zero-order valence-corrected chi connectivity index (χ0v) is 28.9. The fourth-order valence-electron chi connectivity index (χ4n) is 4.81. The van der Waals surface area contributed by atoms with E-state index in [2.05, 4.69) is 18.3 Å². The largest absolute Gasteiger partial charge is 0.500 e. The Hall–Kier alpha value is -2.92. The van der Waals surface area contributed by atoms with E-state index in [-0.39, 0.29) is 5.97 Å². The molecule has 0 saturated carbocycles. The van der Waals surface area contributed by atoms with Crippen LogP contribution < -0.4 is 10.1 Å². The Bertz CT molecular complexity index is 1120. The molecule has 2 aromatic rings. The molecule has 0 aromatic heterocycles. The fourth-order valence-corrected chi connectivity index (χ4v) is 7.42. The number of unbranched alkanes of at least 4 members (excludes halogenated alkanes) is 6. The molecule has 2 rings (SSSR count). The third-order valence-corrected chi connectivity index (χ3v) is 10.2. The van der Waals surface area contributed by atoms with Crippen LogP contribution >= 0.6 is 0 Å². The van der Waals surface area contributed by atoms with Gasteiger partial charge in [-0.3, -0.25) is 0 Å². The van der Waals surface area contributed by atoms with Crippen molar-refractivity contribution < 1.29 is 37.1 Å². The molecule has 0 heterocycles. The third kappa shape index (κ3) is 16.3. The average Bonchev–Trinajstić information content (AvgIpc) is 3.03. The number of amides is 1. The standard InChI is InChI=1S/C35H55NO8Si/c1-5-9-10-11-13-24-39-33-21-20-31-28-30(17-19-32(31)29-33)18-22-34(37)40-25-14-12-15-26-41-35(38)36-23-16-27-45(42-6-2,43-7-3)44-8-4/h17-22,28-29H,5-16,23-27H2,1-4H3,(H,36,38)/b22-18+. The molecule has 0 aliphatic carbocycles. The Balaban J connectivity index is 1.57. The SMILES string of the molecule is CCCCCCCOc1ccc2cc(/C=C/C(=O)OCCCCCOC(=O)NCCC[Si](OCC)(OCC)OCC)ccc2c1. The summed E-state index contributed by atoms with van der Waals surface area (Å²) < 4.78 is 34.0. The van der Waals surface area contributed by atoms with Crippen LogP contribution in [-0.4, -0.2) is 67.1 Å². The summed E-state index contributed by atoms with van der Waals surface area (Å²) in [6.45, 7) is 11.4. The summed E-state index contributed by atoms with van der Waals surface area (Å²) in [5, 5.41) is 4.95. The van der Waals surface area contributed by atoms with Gasteiger partial charge in [-0.1, -0.05) is 50.8 Å². The van der Waals surface area contributed by atoms with Crippen LogP contribution in [0.4, 0.5) is 4.79 Å². The molecule has 2 aromatic carbocycles. The van der Waals surface area contributed by atoms with Crippen LogP contribution in [0.2, 0.25) is 6.04 Å². The maximum Gasteiger partial charge on any atom is 0.500 e. The smallest absolute Gasteiger partial charge is 0.494 e. The molecule has 10 heteroatoms. The predicted octanol–water partition coefficient (Wildman–Crippen LogP) is 8.08. The molecule has 252 valence electrons. The number of carbonyl (C=O) groups excluding carboxylic acids is 2. The fraction of sp³-hybridized carbons (Fsp3) is 0.600. The number of alkyl carbamates (subject to hydrolysis) is 1. The summed E-state index contributed by atoms with van der Waals surface area (Å²) in [4.78, 5) is 24.1. The van der Waals surface area contributed by atoms with E-state index < -0.39 is 14.9 Å². The molecule has 0 aliphatic heterocycles. The van der Waals surface area contributed by atoms with Gasteiger partial charge in [0.15, 0.2) is 0 Å². The molecular formula is C35H55NO8Si. The summed E-state index contributed by atoms with van der Waals surface area (Å²) >= 11 is 0. The van der Waals surface area contributed by atoms with Crippen LogP contribution in [-0.2, 0) is 27.5 Å². The zero-order valence-electron chi connectivity index (χ0n) is 27.9. The van der Waals surface area contributed by atoms with E-state index in [1.165, 1.54) is 31.8 Å². The Kier molecular flexibility index (Phi) is 19.9. The van der Waals surface area contributed by atoms with Crippen molar-refractivity contribution >= 4 is 37.7 Å². The van der Waals surface area contributed by atoms with Crippen molar-refractivity contribution in [2.45, 2.75) is 91.5 Å². The summed E-state index contributed by atoms with van der Waals surface area (Å²) in [6.07, 6.45) is 11.7. The molecule has 0 bridgehead atoms. The van der Waals surface area contributed by atoms with Gasteiger partial charge >= 0.3 is 20.9 Å². The second-order valence-corrected chi connectivity index (χ2v) is 13.5. The van der Waals surface area contributed by atoms with Crippen molar-refractivity contribution in [2.24, 2.45) is 0 Å². The topological polar surface area (TPSA) is 102 Å². The maximum atomic E-state index is 12.2. The highest BCUT2D eigenvalue weighted by molar-refractivity contribution is 6.60. The molecule has 0 unspecified atom stereocenters. The Labute approximate surface area is 271 Å². The van der Waals surface area contributed by atoms with Gasteiger partial charge in [0.05, 0.1) is 19.8 Å². The van der Waals surface area contributed by atoms with Crippen molar-refractivity contribution in [3.63, 3.8) is 0 Å². The van der Waals surface area contributed by atoms with Gasteiger partial charge in [0.1, 0.15) is 5.75 Å². The van der Waals surface area contributed by atoms with E-state index in [0.717, 1.165) is 41.5 Å². The molecule has 0 radical (unpaired) electrons. The highest BCUT2D eigenvalue weighted by Gasteiger charge is 2.39. The summed E-state index contributed by atoms with van der Waals surface area (Å²) in [6, 6.07) is 12.8. The lowest BCUT2D eigenvalue weighted by Gasteiger charge is -2.28. The molecule has 0 fully saturated rings. The molecule has 0 aliphatic rings. The number of carbonyl (C=O) groups is 2. The van der Waals surface area contributed by atoms with Gasteiger partial charge < -0.3 is 32.8 Å². The summed E-state index contributed by atoms with van der Waals surface area (Å²) in [5.41, 5.74) is 0.929. The molecule has 45 heavy (non-hydrogen) atoms. The monoisotopic (exact) mass is 645 g/mol. The molecule has 0 spiro atoms. The average molecular weight is 646 g/mol. The van der Waals surface area contributed by atoms with Gasteiger partial charge in [-0.05, 0) is 93.5 Å². The summed E-state index contributed by atoms with van der Waals surface area (Å²) in [5.74, 6) is 0.510. The minimum atomic E-state index is -2.70. The van der Waals surface area contributed by atoms with E-state index in [9.17, 15) is 9.59 Å². The number of nitrogens with one attached hydrogen (secondary N) is 1. The van der Waals surface area contributed by atoms with Crippen molar-refractivity contribution in [2.75, 3.05) is 46.2 Å². The first-order valence-corrected chi connectivity index (χ1v) is 18.7. The van der Waals surface area contributed by atoms with E-state index in [1.54, 1.807) is 6.08 Å². The van der Waals surface area contributed by atoms with Crippen LogP contribution in [0.3, 0.4) is 0 Å².